The maximum absolute atomic E-state index is 11.6. The third kappa shape index (κ3) is 1.98. The summed E-state index contributed by atoms with van der Waals surface area (Å²) in [7, 11) is 0. The van der Waals surface area contributed by atoms with Crippen molar-refractivity contribution in [2.45, 2.75) is 13.8 Å². The van der Waals surface area contributed by atoms with Gasteiger partial charge in [0.15, 0.2) is 11.5 Å². The molecule has 0 aliphatic carbocycles. The van der Waals surface area contributed by atoms with Gasteiger partial charge in [-0.1, -0.05) is 11.6 Å². The maximum atomic E-state index is 11.6. The minimum atomic E-state index is -0.140. The van der Waals surface area contributed by atoms with Crippen LogP contribution in [0.15, 0.2) is 12.1 Å². The van der Waals surface area contributed by atoms with Gasteiger partial charge in [0.2, 0.25) is 0 Å². The zero-order valence-electron chi connectivity index (χ0n) is 9.78. The van der Waals surface area contributed by atoms with E-state index in [1.165, 1.54) is 6.92 Å². The second-order valence-corrected chi connectivity index (χ2v) is 4.16. The van der Waals surface area contributed by atoms with Crippen molar-refractivity contribution in [3.05, 3.63) is 34.2 Å². The third-order valence-electron chi connectivity index (χ3n) is 2.53. The Hall–Kier alpha value is -2.19. The number of H-pyrrole nitrogens is 1. The summed E-state index contributed by atoms with van der Waals surface area (Å²) in [5.74, 6) is -0.140. The minimum absolute atomic E-state index is 0.140. The van der Waals surface area contributed by atoms with E-state index in [1.807, 2.05) is 6.07 Å². The largest absolute Gasteiger partial charge is 0.294 e. The summed E-state index contributed by atoms with van der Waals surface area (Å²) < 4.78 is 0. The van der Waals surface area contributed by atoms with Gasteiger partial charge in [0, 0.05) is 11.3 Å². The van der Waals surface area contributed by atoms with Gasteiger partial charge in [-0.25, -0.2) is 4.98 Å². The standard InChI is InChI=1S/C12H9ClN4O/c1-6-11(9(5-14)17-16-6)12-8(7(2)18)3-4-10(13)15-12/h3-4H,1-2H3,(H,16,17). The van der Waals surface area contributed by atoms with Crippen molar-refractivity contribution in [3.8, 4) is 17.3 Å². The highest BCUT2D eigenvalue weighted by molar-refractivity contribution is 6.29. The van der Waals surface area contributed by atoms with Crippen LogP contribution in [0.5, 0.6) is 0 Å². The molecule has 2 aromatic rings. The van der Waals surface area contributed by atoms with Crippen LogP contribution in [0.1, 0.15) is 28.7 Å². The van der Waals surface area contributed by atoms with E-state index >= 15 is 0 Å². The highest BCUT2D eigenvalue weighted by Crippen LogP contribution is 2.28. The number of aromatic amines is 1. The van der Waals surface area contributed by atoms with Crippen molar-refractivity contribution in [1.82, 2.24) is 15.2 Å². The smallest absolute Gasteiger partial charge is 0.171 e. The first-order valence-corrected chi connectivity index (χ1v) is 5.55. The lowest BCUT2D eigenvalue weighted by molar-refractivity contribution is 0.101. The van der Waals surface area contributed by atoms with E-state index in [0.29, 0.717) is 22.5 Å². The Morgan fingerprint density at radius 1 is 1.50 bits per heavy atom. The van der Waals surface area contributed by atoms with E-state index < -0.39 is 0 Å². The van der Waals surface area contributed by atoms with E-state index in [2.05, 4.69) is 15.2 Å². The Morgan fingerprint density at radius 2 is 2.22 bits per heavy atom. The lowest BCUT2D eigenvalue weighted by Crippen LogP contribution is -2.00. The number of nitriles is 1. The van der Waals surface area contributed by atoms with E-state index in [4.69, 9.17) is 16.9 Å². The summed E-state index contributed by atoms with van der Waals surface area (Å²) >= 11 is 5.85. The number of nitrogens with one attached hydrogen (secondary N) is 1. The van der Waals surface area contributed by atoms with Gasteiger partial charge in [-0.2, -0.15) is 10.4 Å². The molecule has 0 unspecified atom stereocenters. The summed E-state index contributed by atoms with van der Waals surface area (Å²) in [6.07, 6.45) is 0. The molecule has 0 bridgehead atoms. The first-order valence-electron chi connectivity index (χ1n) is 5.17. The van der Waals surface area contributed by atoms with Gasteiger partial charge >= 0.3 is 0 Å². The highest BCUT2D eigenvalue weighted by atomic mass is 35.5. The lowest BCUT2D eigenvalue weighted by Gasteiger charge is -2.06. The molecule has 1 N–H and O–H groups in total. The molecular weight excluding hydrogens is 252 g/mol. The number of hydrogen-bond acceptors (Lipinski definition) is 4. The molecule has 0 atom stereocenters. The molecule has 0 saturated heterocycles. The summed E-state index contributed by atoms with van der Waals surface area (Å²) in [5, 5.41) is 15.8. The van der Waals surface area contributed by atoms with E-state index in [1.54, 1.807) is 19.1 Å². The molecule has 2 aromatic heterocycles. The number of hydrogen-bond donors (Lipinski definition) is 1. The molecule has 2 rings (SSSR count). The fourth-order valence-corrected chi connectivity index (χ4v) is 1.86. The molecule has 0 saturated carbocycles. The molecule has 0 aromatic carbocycles. The van der Waals surface area contributed by atoms with Crippen LogP contribution in [0.4, 0.5) is 0 Å². The van der Waals surface area contributed by atoms with E-state index in [-0.39, 0.29) is 16.6 Å². The Bertz CT molecular complexity index is 669. The summed E-state index contributed by atoms with van der Waals surface area (Å²) in [4.78, 5) is 15.7. The van der Waals surface area contributed by atoms with Gasteiger partial charge in [-0.05, 0) is 26.0 Å². The Morgan fingerprint density at radius 3 is 2.83 bits per heavy atom. The van der Waals surface area contributed by atoms with Crippen LogP contribution in [-0.2, 0) is 0 Å². The second kappa shape index (κ2) is 4.59. The summed E-state index contributed by atoms with van der Waals surface area (Å²) in [6, 6.07) is 5.11. The predicted octanol–water partition coefficient (Wildman–Crippen LogP) is 2.51. The van der Waals surface area contributed by atoms with Gasteiger partial charge in [0.05, 0.1) is 11.3 Å². The lowest BCUT2D eigenvalue weighted by atomic mass is 10.0. The SMILES string of the molecule is CC(=O)c1ccc(Cl)nc1-c1c(C#N)n[nH]c1C. The van der Waals surface area contributed by atoms with Crippen LogP contribution in [0.2, 0.25) is 5.15 Å². The average Bonchev–Trinajstić information content (AvgIpc) is 2.69. The molecule has 0 radical (unpaired) electrons. The summed E-state index contributed by atoms with van der Waals surface area (Å²) in [6.45, 7) is 3.20. The second-order valence-electron chi connectivity index (χ2n) is 3.77. The molecule has 2 heterocycles. The number of carbonyl (C=O) groups is 1. The number of aromatic nitrogens is 3. The van der Waals surface area contributed by atoms with Crippen LogP contribution in [0.3, 0.4) is 0 Å². The molecular formula is C12H9ClN4O. The van der Waals surface area contributed by atoms with Crippen molar-refractivity contribution < 1.29 is 4.79 Å². The van der Waals surface area contributed by atoms with Gasteiger partial charge in [-0.15, -0.1) is 0 Å². The average molecular weight is 261 g/mol. The molecule has 18 heavy (non-hydrogen) atoms. The number of halogens is 1. The van der Waals surface area contributed by atoms with Crippen molar-refractivity contribution in [2.24, 2.45) is 0 Å². The number of rotatable bonds is 2. The Kier molecular flexibility index (Phi) is 3.13. The van der Waals surface area contributed by atoms with Gasteiger partial charge in [-0.3, -0.25) is 9.89 Å². The first-order chi connectivity index (χ1) is 8.54. The third-order valence-corrected chi connectivity index (χ3v) is 2.74. The van der Waals surface area contributed by atoms with Crippen LogP contribution in [0.25, 0.3) is 11.3 Å². The number of aryl methyl sites for hydroxylation is 1. The van der Waals surface area contributed by atoms with Gasteiger partial charge in [0.25, 0.3) is 0 Å². The fraction of sp³-hybridized carbons (Fsp3) is 0.167. The molecule has 0 spiro atoms. The van der Waals surface area contributed by atoms with Crippen molar-refractivity contribution >= 4 is 17.4 Å². The minimum Gasteiger partial charge on any atom is -0.294 e. The Labute approximate surface area is 108 Å². The normalized spacial score (nSPS) is 10.1. The van der Waals surface area contributed by atoms with Crippen molar-refractivity contribution in [2.75, 3.05) is 0 Å². The predicted molar refractivity (Wildman–Crippen MR) is 66.3 cm³/mol. The number of nitrogens with zero attached hydrogens (tertiary/aromatic N) is 3. The van der Waals surface area contributed by atoms with E-state index in [0.717, 1.165) is 0 Å². The summed E-state index contributed by atoms with van der Waals surface area (Å²) in [5.41, 5.74) is 2.19. The maximum Gasteiger partial charge on any atom is 0.171 e. The number of carbonyl (C=O) groups excluding carboxylic acids is 1. The van der Waals surface area contributed by atoms with Crippen LogP contribution in [-0.4, -0.2) is 21.0 Å². The fourth-order valence-electron chi connectivity index (χ4n) is 1.71. The highest BCUT2D eigenvalue weighted by Gasteiger charge is 2.19. The number of ketones is 1. The van der Waals surface area contributed by atoms with Crippen LogP contribution >= 0.6 is 11.6 Å². The number of pyridine rings is 1. The van der Waals surface area contributed by atoms with Crippen molar-refractivity contribution in [1.29, 1.82) is 5.26 Å². The Balaban J connectivity index is 2.78. The van der Waals surface area contributed by atoms with Gasteiger partial charge in [0.1, 0.15) is 11.2 Å². The molecule has 0 aliphatic heterocycles. The van der Waals surface area contributed by atoms with Crippen molar-refractivity contribution in [3.63, 3.8) is 0 Å². The first kappa shape index (κ1) is 12.3. The molecule has 90 valence electrons. The van der Waals surface area contributed by atoms with E-state index in [9.17, 15) is 4.79 Å². The number of Topliss-reactive ketones (excluding diaryl/α,β-unsaturated/α-hetero) is 1. The quantitative estimate of drug-likeness (QED) is 0.664. The molecule has 0 aliphatic rings. The molecule has 0 fully saturated rings. The topological polar surface area (TPSA) is 82.4 Å². The molecule has 6 heteroatoms. The van der Waals surface area contributed by atoms with Crippen LogP contribution in [0, 0.1) is 18.3 Å². The van der Waals surface area contributed by atoms with Gasteiger partial charge < -0.3 is 0 Å². The zero-order valence-corrected chi connectivity index (χ0v) is 10.5. The monoisotopic (exact) mass is 260 g/mol. The van der Waals surface area contributed by atoms with Crippen LogP contribution < -0.4 is 0 Å². The molecule has 0 amide bonds. The zero-order chi connectivity index (χ0) is 13.3. The molecule has 5 nitrogen and oxygen atoms in total.